The van der Waals surface area contributed by atoms with Gasteiger partial charge in [-0.1, -0.05) is 0 Å². The highest BCUT2D eigenvalue weighted by Crippen LogP contribution is 2.13. The van der Waals surface area contributed by atoms with Crippen LogP contribution >= 0.6 is 0 Å². The standard InChI is InChI=1S/C8H16N2O2S/c11-13(12)5-8(6-13)10-7-1-3-9-4-2-7/h7-10H,1-6H2. The molecule has 2 heterocycles. The van der Waals surface area contributed by atoms with E-state index in [-0.39, 0.29) is 6.04 Å². The number of sulfone groups is 1. The number of hydrogen-bond acceptors (Lipinski definition) is 4. The number of hydrogen-bond donors (Lipinski definition) is 2. The van der Waals surface area contributed by atoms with Crippen molar-refractivity contribution in [3.8, 4) is 0 Å². The fraction of sp³-hybridized carbons (Fsp3) is 1.00. The van der Waals surface area contributed by atoms with Crippen LogP contribution < -0.4 is 10.6 Å². The summed E-state index contributed by atoms with van der Waals surface area (Å²) in [6.45, 7) is 2.11. The Morgan fingerprint density at radius 3 is 2.23 bits per heavy atom. The van der Waals surface area contributed by atoms with Crippen LogP contribution in [0.1, 0.15) is 12.8 Å². The van der Waals surface area contributed by atoms with Crippen LogP contribution in [0.3, 0.4) is 0 Å². The fourth-order valence-electron chi connectivity index (χ4n) is 1.98. The maximum Gasteiger partial charge on any atom is 0.153 e. The largest absolute Gasteiger partial charge is 0.317 e. The Labute approximate surface area is 79.0 Å². The molecule has 2 rings (SSSR count). The molecule has 0 saturated carbocycles. The Hall–Kier alpha value is -0.130. The van der Waals surface area contributed by atoms with E-state index in [1.807, 2.05) is 0 Å². The molecular weight excluding hydrogens is 188 g/mol. The molecule has 0 aromatic heterocycles. The maximum atomic E-state index is 10.9. The zero-order valence-electron chi connectivity index (χ0n) is 7.62. The minimum Gasteiger partial charge on any atom is -0.317 e. The highest BCUT2D eigenvalue weighted by atomic mass is 32.2. The summed E-state index contributed by atoms with van der Waals surface area (Å²) in [6.07, 6.45) is 2.24. The van der Waals surface area contributed by atoms with Gasteiger partial charge in [0.1, 0.15) is 0 Å². The second-order valence-corrected chi connectivity index (χ2v) is 6.12. The smallest absolute Gasteiger partial charge is 0.153 e. The van der Waals surface area contributed by atoms with Crippen molar-refractivity contribution in [1.82, 2.24) is 10.6 Å². The van der Waals surface area contributed by atoms with Crippen LogP contribution in [-0.2, 0) is 9.84 Å². The van der Waals surface area contributed by atoms with Crippen molar-refractivity contribution < 1.29 is 8.42 Å². The lowest BCUT2D eigenvalue weighted by Gasteiger charge is -2.33. The molecule has 13 heavy (non-hydrogen) atoms. The van der Waals surface area contributed by atoms with E-state index >= 15 is 0 Å². The third kappa shape index (κ3) is 2.42. The molecule has 4 nitrogen and oxygen atoms in total. The Balaban J connectivity index is 1.73. The molecule has 0 amide bonds. The van der Waals surface area contributed by atoms with E-state index in [0.717, 1.165) is 25.9 Å². The first kappa shape index (κ1) is 9.43. The van der Waals surface area contributed by atoms with E-state index in [4.69, 9.17) is 0 Å². The lowest BCUT2D eigenvalue weighted by molar-refractivity contribution is 0.357. The van der Waals surface area contributed by atoms with Gasteiger partial charge in [-0.15, -0.1) is 0 Å². The number of piperidine rings is 1. The zero-order chi connectivity index (χ0) is 9.31. The summed E-state index contributed by atoms with van der Waals surface area (Å²) in [5.74, 6) is 0.688. The first-order chi connectivity index (χ1) is 6.16. The van der Waals surface area contributed by atoms with Crippen LogP contribution in [0.4, 0.5) is 0 Å². The van der Waals surface area contributed by atoms with Gasteiger partial charge in [0.05, 0.1) is 11.5 Å². The van der Waals surface area contributed by atoms with E-state index in [1.54, 1.807) is 0 Å². The number of rotatable bonds is 2. The lowest BCUT2D eigenvalue weighted by atomic mass is 10.1. The van der Waals surface area contributed by atoms with Crippen LogP contribution in [0.25, 0.3) is 0 Å². The lowest BCUT2D eigenvalue weighted by Crippen LogP contribution is -2.55. The molecule has 76 valence electrons. The van der Waals surface area contributed by atoms with E-state index in [2.05, 4.69) is 10.6 Å². The summed E-state index contributed by atoms with van der Waals surface area (Å²) < 4.78 is 21.8. The van der Waals surface area contributed by atoms with Crippen molar-refractivity contribution in [3.05, 3.63) is 0 Å². The predicted molar refractivity (Wildman–Crippen MR) is 51.5 cm³/mol. The average Bonchev–Trinajstić information content (AvgIpc) is 2.03. The molecule has 0 aromatic rings. The molecule has 2 N–H and O–H groups in total. The van der Waals surface area contributed by atoms with Crippen molar-refractivity contribution >= 4 is 9.84 Å². The van der Waals surface area contributed by atoms with Gasteiger partial charge in [-0.05, 0) is 25.9 Å². The minimum absolute atomic E-state index is 0.230. The molecule has 0 spiro atoms. The highest BCUT2D eigenvalue weighted by Gasteiger charge is 2.34. The Morgan fingerprint density at radius 1 is 1.08 bits per heavy atom. The van der Waals surface area contributed by atoms with E-state index in [0.29, 0.717) is 17.5 Å². The first-order valence-electron chi connectivity index (χ1n) is 4.83. The molecule has 2 saturated heterocycles. The molecule has 0 aromatic carbocycles. The highest BCUT2D eigenvalue weighted by molar-refractivity contribution is 7.92. The van der Waals surface area contributed by atoms with Gasteiger partial charge in [0.2, 0.25) is 0 Å². The average molecular weight is 204 g/mol. The van der Waals surface area contributed by atoms with Gasteiger partial charge in [-0.3, -0.25) is 0 Å². The van der Waals surface area contributed by atoms with Crippen molar-refractivity contribution in [2.75, 3.05) is 24.6 Å². The molecule has 0 aliphatic carbocycles. The molecular formula is C8H16N2O2S. The second kappa shape index (κ2) is 3.55. The van der Waals surface area contributed by atoms with Crippen LogP contribution in [0, 0.1) is 0 Å². The van der Waals surface area contributed by atoms with Crippen LogP contribution in [0.5, 0.6) is 0 Å². The SMILES string of the molecule is O=S1(=O)CC(NC2CCNCC2)C1. The molecule has 0 atom stereocenters. The van der Waals surface area contributed by atoms with Gasteiger partial charge in [0.25, 0.3) is 0 Å². The van der Waals surface area contributed by atoms with Gasteiger partial charge in [0.15, 0.2) is 9.84 Å². The molecule has 2 aliphatic heterocycles. The summed E-state index contributed by atoms with van der Waals surface area (Å²) >= 11 is 0. The van der Waals surface area contributed by atoms with Crippen molar-refractivity contribution in [1.29, 1.82) is 0 Å². The van der Waals surface area contributed by atoms with Crippen molar-refractivity contribution in [3.63, 3.8) is 0 Å². The van der Waals surface area contributed by atoms with Gasteiger partial charge < -0.3 is 10.6 Å². The topological polar surface area (TPSA) is 58.2 Å². The van der Waals surface area contributed by atoms with E-state index in [1.165, 1.54) is 0 Å². The van der Waals surface area contributed by atoms with Gasteiger partial charge in [-0.25, -0.2) is 8.42 Å². The van der Waals surface area contributed by atoms with Crippen LogP contribution in [0.2, 0.25) is 0 Å². The third-order valence-electron chi connectivity index (χ3n) is 2.72. The second-order valence-electron chi connectivity index (χ2n) is 3.96. The molecule has 0 radical (unpaired) electrons. The summed E-state index contributed by atoms with van der Waals surface area (Å²) in [5.41, 5.74) is 0. The molecule has 0 bridgehead atoms. The Kier molecular flexibility index (Phi) is 2.58. The Bertz CT molecular complexity index is 258. The summed E-state index contributed by atoms with van der Waals surface area (Å²) in [4.78, 5) is 0. The normalized spacial score (nSPS) is 29.8. The molecule has 0 unspecified atom stereocenters. The third-order valence-corrected chi connectivity index (χ3v) is 4.54. The van der Waals surface area contributed by atoms with E-state index in [9.17, 15) is 8.42 Å². The summed E-state index contributed by atoms with van der Waals surface area (Å²) in [5, 5.41) is 6.67. The quantitative estimate of drug-likeness (QED) is 0.613. The van der Waals surface area contributed by atoms with Gasteiger partial charge in [0, 0.05) is 12.1 Å². The monoisotopic (exact) mass is 204 g/mol. The molecule has 5 heteroatoms. The number of nitrogens with one attached hydrogen (secondary N) is 2. The molecule has 2 aliphatic rings. The fourth-order valence-corrected chi connectivity index (χ4v) is 3.30. The van der Waals surface area contributed by atoms with Crippen LogP contribution in [-0.4, -0.2) is 45.1 Å². The summed E-state index contributed by atoms with van der Waals surface area (Å²) in [6, 6.07) is 0.759. The van der Waals surface area contributed by atoms with Crippen LogP contribution in [0.15, 0.2) is 0 Å². The minimum atomic E-state index is -2.66. The van der Waals surface area contributed by atoms with Gasteiger partial charge in [-0.2, -0.15) is 0 Å². The first-order valence-corrected chi connectivity index (χ1v) is 6.65. The van der Waals surface area contributed by atoms with Gasteiger partial charge >= 0.3 is 0 Å². The van der Waals surface area contributed by atoms with Crippen molar-refractivity contribution in [2.45, 2.75) is 24.9 Å². The maximum absolute atomic E-state index is 10.9. The molecule has 2 fully saturated rings. The Morgan fingerprint density at radius 2 is 1.69 bits per heavy atom. The zero-order valence-corrected chi connectivity index (χ0v) is 8.44. The predicted octanol–water partition coefficient (Wildman–Crippen LogP) is -0.875. The van der Waals surface area contributed by atoms with Crippen molar-refractivity contribution in [2.24, 2.45) is 0 Å². The summed E-state index contributed by atoms with van der Waals surface area (Å²) in [7, 11) is -2.66. The van der Waals surface area contributed by atoms with E-state index < -0.39 is 9.84 Å².